The molecule has 0 saturated carbocycles. The van der Waals surface area contributed by atoms with E-state index < -0.39 is 17.3 Å². The van der Waals surface area contributed by atoms with Crippen LogP contribution in [0.4, 0.5) is 5.82 Å². The molecule has 1 saturated heterocycles. The predicted molar refractivity (Wildman–Crippen MR) is 77.4 cm³/mol. The van der Waals surface area contributed by atoms with Crippen LogP contribution in [0.2, 0.25) is 0 Å². The van der Waals surface area contributed by atoms with Gasteiger partial charge < -0.3 is 15.5 Å². The molecule has 1 unspecified atom stereocenters. The third-order valence-corrected chi connectivity index (χ3v) is 3.47. The van der Waals surface area contributed by atoms with Crippen LogP contribution in [-0.2, 0) is 18.9 Å². The second-order valence-electron chi connectivity index (χ2n) is 4.90. The fourth-order valence-corrected chi connectivity index (χ4v) is 2.35. The van der Waals surface area contributed by atoms with Crippen LogP contribution in [0.3, 0.4) is 0 Å². The number of nitrogens with zero attached hydrogens (tertiary/aromatic N) is 4. The minimum absolute atomic E-state index is 0.123. The molecule has 0 radical (unpaired) electrons. The number of piperazine rings is 1. The van der Waals surface area contributed by atoms with Gasteiger partial charge in [0.2, 0.25) is 11.7 Å². The molecule has 1 aromatic rings. The van der Waals surface area contributed by atoms with Crippen molar-refractivity contribution < 1.29 is 4.79 Å². The van der Waals surface area contributed by atoms with Crippen LogP contribution in [-0.4, -0.2) is 52.5 Å². The van der Waals surface area contributed by atoms with Crippen molar-refractivity contribution in [2.24, 2.45) is 14.1 Å². The van der Waals surface area contributed by atoms with Gasteiger partial charge in [-0.15, -0.1) is 5.10 Å². The van der Waals surface area contributed by atoms with E-state index in [1.165, 1.54) is 14.1 Å². The molecule has 9 heteroatoms. The van der Waals surface area contributed by atoms with Gasteiger partial charge in [0.15, 0.2) is 0 Å². The first kappa shape index (κ1) is 15.2. The molecule has 0 bridgehead atoms. The number of anilines is 1. The normalized spacial score (nSPS) is 18.6. The number of carbonyl (C=O) groups is 1. The van der Waals surface area contributed by atoms with Gasteiger partial charge in [-0.1, -0.05) is 0 Å². The maximum atomic E-state index is 12.3. The molecule has 1 aliphatic rings. The molecule has 1 fully saturated rings. The van der Waals surface area contributed by atoms with Gasteiger partial charge in [-0.25, -0.2) is 9.48 Å². The zero-order valence-corrected chi connectivity index (χ0v) is 12.4. The summed E-state index contributed by atoms with van der Waals surface area (Å²) in [7, 11) is 2.88. The lowest BCUT2D eigenvalue weighted by atomic mass is 10.1. The quantitative estimate of drug-likeness (QED) is 0.634. The largest absolute Gasteiger partial charge is 0.355 e. The number of nitrogens with one attached hydrogen (secondary N) is 2. The predicted octanol–water partition coefficient (Wildman–Crippen LogP) is -2.61. The van der Waals surface area contributed by atoms with E-state index >= 15 is 0 Å². The summed E-state index contributed by atoms with van der Waals surface area (Å²) in [5.74, 6) is -0.0419. The number of amides is 1. The van der Waals surface area contributed by atoms with Crippen LogP contribution in [0.25, 0.3) is 0 Å². The highest BCUT2D eigenvalue weighted by Crippen LogP contribution is 2.10. The Morgan fingerprint density at radius 1 is 1.43 bits per heavy atom. The van der Waals surface area contributed by atoms with Crippen LogP contribution in [0.5, 0.6) is 0 Å². The molecule has 1 atom stereocenters. The van der Waals surface area contributed by atoms with Crippen molar-refractivity contribution >= 4 is 11.7 Å². The monoisotopic (exact) mass is 296 g/mol. The van der Waals surface area contributed by atoms with Gasteiger partial charge in [0.05, 0.1) is 0 Å². The Balaban J connectivity index is 2.45. The minimum atomic E-state index is -0.517. The van der Waals surface area contributed by atoms with Crippen LogP contribution in [0.15, 0.2) is 9.59 Å². The third-order valence-electron chi connectivity index (χ3n) is 3.47. The number of rotatable bonds is 3. The minimum Gasteiger partial charge on any atom is -0.355 e. The van der Waals surface area contributed by atoms with E-state index in [0.29, 0.717) is 26.2 Å². The van der Waals surface area contributed by atoms with E-state index in [1.54, 1.807) is 4.90 Å². The average Bonchev–Trinajstić information content (AvgIpc) is 2.49. The smallest absolute Gasteiger partial charge is 0.346 e. The zero-order chi connectivity index (χ0) is 15.6. The Morgan fingerprint density at radius 3 is 2.81 bits per heavy atom. The van der Waals surface area contributed by atoms with Gasteiger partial charge >= 0.3 is 5.69 Å². The van der Waals surface area contributed by atoms with Gasteiger partial charge in [-0.3, -0.25) is 14.2 Å². The van der Waals surface area contributed by atoms with E-state index in [2.05, 4.69) is 15.7 Å². The van der Waals surface area contributed by atoms with Gasteiger partial charge in [-0.2, -0.15) is 0 Å². The molecule has 2 rings (SSSR count). The van der Waals surface area contributed by atoms with E-state index in [4.69, 9.17) is 0 Å². The van der Waals surface area contributed by atoms with Crippen molar-refractivity contribution in [1.29, 1.82) is 0 Å². The molecule has 21 heavy (non-hydrogen) atoms. The second-order valence-corrected chi connectivity index (χ2v) is 4.90. The molecule has 0 aromatic carbocycles. The molecule has 1 aliphatic heterocycles. The van der Waals surface area contributed by atoms with Crippen molar-refractivity contribution in [3.63, 3.8) is 0 Å². The SMILES string of the molecule is CCNC(=O)C1CNCCN1c1nn(C)c(=O)n(C)c1=O. The first-order valence-corrected chi connectivity index (χ1v) is 6.86. The van der Waals surface area contributed by atoms with E-state index in [9.17, 15) is 14.4 Å². The number of aryl methyl sites for hydroxylation is 1. The van der Waals surface area contributed by atoms with E-state index in [1.807, 2.05) is 6.92 Å². The highest BCUT2D eigenvalue weighted by molar-refractivity contribution is 5.85. The lowest BCUT2D eigenvalue weighted by Crippen LogP contribution is -2.60. The first-order valence-electron chi connectivity index (χ1n) is 6.86. The summed E-state index contributed by atoms with van der Waals surface area (Å²) < 4.78 is 2.10. The van der Waals surface area contributed by atoms with Gasteiger partial charge in [-0.05, 0) is 6.92 Å². The fourth-order valence-electron chi connectivity index (χ4n) is 2.35. The zero-order valence-electron chi connectivity index (χ0n) is 12.4. The molecule has 0 aliphatic carbocycles. The fraction of sp³-hybridized carbons (Fsp3) is 0.667. The first-order chi connectivity index (χ1) is 9.97. The topological polar surface area (TPSA) is 101 Å². The maximum Gasteiger partial charge on any atom is 0.346 e. The number of aromatic nitrogens is 3. The molecule has 1 amide bonds. The summed E-state index contributed by atoms with van der Waals surface area (Å²) in [6.45, 7) is 3.90. The molecular weight excluding hydrogens is 276 g/mol. The lowest BCUT2D eigenvalue weighted by Gasteiger charge is -2.35. The highest BCUT2D eigenvalue weighted by Gasteiger charge is 2.31. The van der Waals surface area contributed by atoms with Crippen LogP contribution >= 0.6 is 0 Å². The van der Waals surface area contributed by atoms with Crippen LogP contribution < -0.4 is 26.8 Å². The van der Waals surface area contributed by atoms with Crippen molar-refractivity contribution in [3.05, 3.63) is 20.8 Å². The number of hydrogen-bond donors (Lipinski definition) is 2. The van der Waals surface area contributed by atoms with Crippen LogP contribution in [0.1, 0.15) is 6.92 Å². The Labute approximate surface area is 121 Å². The number of hydrogen-bond acceptors (Lipinski definition) is 6. The molecular formula is C12H20N6O3. The summed E-state index contributed by atoms with van der Waals surface area (Å²) in [4.78, 5) is 37.7. The summed E-state index contributed by atoms with van der Waals surface area (Å²) in [6, 6.07) is -0.517. The molecule has 2 heterocycles. The summed E-state index contributed by atoms with van der Waals surface area (Å²) in [5, 5.41) is 9.91. The molecule has 0 spiro atoms. The van der Waals surface area contributed by atoms with Gasteiger partial charge in [0, 0.05) is 40.3 Å². The molecule has 1 aromatic heterocycles. The van der Waals surface area contributed by atoms with Crippen molar-refractivity contribution in [2.75, 3.05) is 31.1 Å². The highest BCUT2D eigenvalue weighted by atomic mass is 16.2. The van der Waals surface area contributed by atoms with Crippen molar-refractivity contribution in [3.8, 4) is 0 Å². The second kappa shape index (κ2) is 6.08. The van der Waals surface area contributed by atoms with Gasteiger partial charge in [0.25, 0.3) is 5.56 Å². The number of likely N-dealkylation sites (N-methyl/N-ethyl adjacent to an activating group) is 1. The lowest BCUT2D eigenvalue weighted by molar-refractivity contribution is -0.122. The standard InChI is InChI=1S/C12H20N6O3/c1-4-14-10(19)8-7-13-5-6-18(8)9-11(20)16(2)12(21)17(3)15-9/h8,13H,4-7H2,1-3H3,(H,14,19). The van der Waals surface area contributed by atoms with Crippen molar-refractivity contribution in [2.45, 2.75) is 13.0 Å². The van der Waals surface area contributed by atoms with E-state index in [-0.39, 0.29) is 11.7 Å². The third kappa shape index (κ3) is 2.82. The number of carbonyl (C=O) groups excluding carboxylic acids is 1. The van der Waals surface area contributed by atoms with E-state index in [0.717, 1.165) is 9.25 Å². The average molecular weight is 296 g/mol. The Kier molecular flexibility index (Phi) is 4.41. The molecule has 2 N–H and O–H groups in total. The Hall–Kier alpha value is -2.16. The Morgan fingerprint density at radius 2 is 2.14 bits per heavy atom. The van der Waals surface area contributed by atoms with Crippen molar-refractivity contribution in [1.82, 2.24) is 25.0 Å². The Bertz CT molecular complexity index is 649. The maximum absolute atomic E-state index is 12.3. The molecule has 9 nitrogen and oxygen atoms in total. The molecule has 116 valence electrons. The van der Waals surface area contributed by atoms with Crippen LogP contribution in [0, 0.1) is 0 Å². The summed E-state index contributed by atoms with van der Waals surface area (Å²) in [6.07, 6.45) is 0. The summed E-state index contributed by atoms with van der Waals surface area (Å²) >= 11 is 0. The van der Waals surface area contributed by atoms with Gasteiger partial charge in [0.1, 0.15) is 6.04 Å². The summed E-state index contributed by atoms with van der Waals surface area (Å²) in [5.41, 5.74) is -0.984.